The van der Waals surface area contributed by atoms with E-state index >= 15 is 0 Å². The summed E-state index contributed by atoms with van der Waals surface area (Å²) in [6, 6.07) is 0.253. The third kappa shape index (κ3) is 3.78. The molecule has 5 nitrogen and oxygen atoms in total. The minimum atomic E-state index is -3.33. The van der Waals surface area contributed by atoms with Gasteiger partial charge in [-0.15, -0.1) is 12.4 Å². The first-order chi connectivity index (χ1) is 5.54. The van der Waals surface area contributed by atoms with Crippen LogP contribution >= 0.6 is 12.4 Å². The second kappa shape index (κ2) is 5.11. The highest BCUT2D eigenvalue weighted by atomic mass is 35.5. The lowest BCUT2D eigenvalue weighted by molar-refractivity contribution is 0.377. The largest absolute Gasteiger partial charge is 0.271 e. The molecule has 0 amide bonds. The van der Waals surface area contributed by atoms with Crippen molar-refractivity contribution in [1.29, 1.82) is 0 Å². The maximum Gasteiger partial charge on any atom is 0.211 e. The molecule has 1 saturated carbocycles. The number of sulfonamides is 1. The van der Waals surface area contributed by atoms with Gasteiger partial charge < -0.3 is 0 Å². The Morgan fingerprint density at radius 2 is 1.62 bits per heavy atom. The monoisotopic (exact) mass is 229 g/mol. The molecule has 1 rings (SSSR count). The van der Waals surface area contributed by atoms with Gasteiger partial charge in [0.2, 0.25) is 10.0 Å². The molecule has 0 aromatic rings. The highest BCUT2D eigenvalue weighted by molar-refractivity contribution is 7.89. The van der Waals surface area contributed by atoms with Crippen molar-refractivity contribution in [2.45, 2.75) is 37.0 Å². The molecule has 0 saturated heterocycles. The third-order valence-corrected chi connectivity index (χ3v) is 3.78. The predicted octanol–water partition coefficient (Wildman–Crippen LogP) is -0.529. The van der Waals surface area contributed by atoms with Crippen molar-refractivity contribution in [1.82, 2.24) is 5.43 Å². The predicted molar refractivity (Wildman–Crippen MR) is 53.7 cm³/mol. The van der Waals surface area contributed by atoms with Crippen LogP contribution in [0.15, 0.2) is 0 Å². The molecule has 0 radical (unpaired) electrons. The number of primary sulfonamides is 1. The van der Waals surface area contributed by atoms with Crippen LogP contribution in [0, 0.1) is 0 Å². The van der Waals surface area contributed by atoms with Crippen LogP contribution < -0.4 is 16.4 Å². The Balaban J connectivity index is 0.00000144. The fourth-order valence-corrected chi connectivity index (χ4v) is 2.49. The van der Waals surface area contributed by atoms with Crippen molar-refractivity contribution in [2.24, 2.45) is 11.0 Å². The summed E-state index contributed by atoms with van der Waals surface area (Å²) in [4.78, 5) is 0. The van der Waals surface area contributed by atoms with E-state index in [2.05, 4.69) is 5.43 Å². The number of halogens is 1. The zero-order valence-corrected chi connectivity index (χ0v) is 8.90. The Bertz CT molecular complexity index is 236. The molecular formula is C6H16ClN3O2S. The average molecular weight is 230 g/mol. The van der Waals surface area contributed by atoms with E-state index in [0.717, 1.165) is 12.8 Å². The van der Waals surface area contributed by atoms with Gasteiger partial charge in [0.15, 0.2) is 0 Å². The molecular weight excluding hydrogens is 214 g/mol. The number of nitrogens with one attached hydrogen (secondary N) is 1. The topological polar surface area (TPSA) is 98.2 Å². The van der Waals surface area contributed by atoms with Crippen LogP contribution in [0.2, 0.25) is 0 Å². The van der Waals surface area contributed by atoms with E-state index in [9.17, 15) is 8.42 Å². The Kier molecular flexibility index (Phi) is 5.16. The Morgan fingerprint density at radius 1 is 1.15 bits per heavy atom. The number of hydrogen-bond acceptors (Lipinski definition) is 4. The summed E-state index contributed by atoms with van der Waals surface area (Å²) in [5.41, 5.74) is 2.64. The summed E-state index contributed by atoms with van der Waals surface area (Å²) in [5, 5.41) is 4.66. The van der Waals surface area contributed by atoms with Gasteiger partial charge in [0.25, 0.3) is 0 Å². The summed E-state index contributed by atoms with van der Waals surface area (Å²) in [5.74, 6) is 5.23. The molecule has 0 aliphatic heterocycles. The van der Waals surface area contributed by atoms with E-state index < -0.39 is 10.0 Å². The molecule has 0 atom stereocenters. The quantitative estimate of drug-likeness (QED) is 0.438. The number of rotatable bonds is 2. The van der Waals surface area contributed by atoms with E-state index in [1.807, 2.05) is 0 Å². The van der Waals surface area contributed by atoms with Crippen molar-refractivity contribution >= 4 is 22.4 Å². The molecule has 13 heavy (non-hydrogen) atoms. The van der Waals surface area contributed by atoms with Crippen molar-refractivity contribution in [2.75, 3.05) is 0 Å². The van der Waals surface area contributed by atoms with Crippen LogP contribution in [0.4, 0.5) is 0 Å². The van der Waals surface area contributed by atoms with Gasteiger partial charge in [0.1, 0.15) is 0 Å². The Morgan fingerprint density at radius 3 is 1.92 bits per heavy atom. The van der Waals surface area contributed by atoms with Crippen LogP contribution in [0.1, 0.15) is 25.7 Å². The maximum absolute atomic E-state index is 10.9. The van der Waals surface area contributed by atoms with E-state index in [4.69, 9.17) is 11.0 Å². The molecule has 0 heterocycles. The molecule has 80 valence electrons. The van der Waals surface area contributed by atoms with Gasteiger partial charge in [0, 0.05) is 6.04 Å². The maximum atomic E-state index is 10.9. The molecule has 0 bridgehead atoms. The fraction of sp³-hybridized carbons (Fsp3) is 1.00. The lowest BCUT2D eigenvalue weighted by atomic mass is 9.96. The fourth-order valence-electron chi connectivity index (χ4n) is 1.56. The third-order valence-electron chi connectivity index (χ3n) is 2.37. The first kappa shape index (κ1) is 13.1. The molecule has 0 spiro atoms. The highest BCUT2D eigenvalue weighted by Gasteiger charge is 2.27. The van der Waals surface area contributed by atoms with Gasteiger partial charge in [-0.05, 0) is 25.7 Å². The molecule has 5 N–H and O–H groups in total. The highest BCUT2D eigenvalue weighted by Crippen LogP contribution is 2.22. The molecule has 0 aromatic carbocycles. The molecule has 7 heteroatoms. The zero-order valence-electron chi connectivity index (χ0n) is 7.27. The van der Waals surface area contributed by atoms with Crippen LogP contribution in [-0.4, -0.2) is 19.7 Å². The Labute approximate surface area is 84.7 Å². The van der Waals surface area contributed by atoms with Crippen molar-refractivity contribution in [3.8, 4) is 0 Å². The molecule has 0 unspecified atom stereocenters. The number of hydrazine groups is 1. The smallest absolute Gasteiger partial charge is 0.211 e. The normalized spacial score (nSPS) is 29.4. The van der Waals surface area contributed by atoms with Gasteiger partial charge in [-0.2, -0.15) is 0 Å². The first-order valence-electron chi connectivity index (χ1n) is 4.02. The minimum Gasteiger partial charge on any atom is -0.271 e. The van der Waals surface area contributed by atoms with Gasteiger partial charge >= 0.3 is 0 Å². The van der Waals surface area contributed by atoms with Gasteiger partial charge in [0.05, 0.1) is 5.25 Å². The second-order valence-corrected chi connectivity index (χ2v) is 5.07. The van der Waals surface area contributed by atoms with E-state index in [-0.39, 0.29) is 23.7 Å². The van der Waals surface area contributed by atoms with Gasteiger partial charge in [-0.1, -0.05) is 0 Å². The lowest BCUT2D eigenvalue weighted by Gasteiger charge is -2.26. The zero-order chi connectivity index (χ0) is 9.19. The summed E-state index contributed by atoms with van der Waals surface area (Å²) >= 11 is 0. The van der Waals surface area contributed by atoms with E-state index in [1.54, 1.807) is 0 Å². The first-order valence-corrected chi connectivity index (χ1v) is 5.62. The number of hydrogen-bond donors (Lipinski definition) is 3. The van der Waals surface area contributed by atoms with Gasteiger partial charge in [-0.25, -0.2) is 13.6 Å². The van der Waals surface area contributed by atoms with Crippen molar-refractivity contribution in [3.05, 3.63) is 0 Å². The number of nitrogens with two attached hydrogens (primary N) is 2. The van der Waals surface area contributed by atoms with Crippen LogP contribution in [0.3, 0.4) is 0 Å². The van der Waals surface area contributed by atoms with Gasteiger partial charge in [-0.3, -0.25) is 11.3 Å². The lowest BCUT2D eigenvalue weighted by Crippen LogP contribution is -2.41. The average Bonchev–Trinajstić information content (AvgIpc) is 2.03. The summed E-state index contributed by atoms with van der Waals surface area (Å²) in [7, 11) is -3.33. The van der Waals surface area contributed by atoms with Crippen molar-refractivity contribution < 1.29 is 8.42 Å². The summed E-state index contributed by atoms with van der Waals surface area (Å²) < 4.78 is 21.8. The van der Waals surface area contributed by atoms with Crippen LogP contribution in [0.5, 0.6) is 0 Å². The molecule has 1 fully saturated rings. The van der Waals surface area contributed by atoms with E-state index in [1.165, 1.54) is 0 Å². The standard InChI is InChI=1S/C6H15N3O2S.ClH/c7-9-5-1-3-6(4-2-5)12(8,10)11;/h5-6,9H,1-4,7H2,(H2,8,10,11);1H. The Hall–Kier alpha value is 0.120. The molecule has 1 aliphatic carbocycles. The summed E-state index contributed by atoms with van der Waals surface area (Å²) in [6.07, 6.45) is 2.82. The van der Waals surface area contributed by atoms with Crippen molar-refractivity contribution in [3.63, 3.8) is 0 Å². The van der Waals surface area contributed by atoms with Crippen LogP contribution in [-0.2, 0) is 10.0 Å². The SMILES string of the molecule is Cl.NNC1CCC(S(N)(=O)=O)CC1. The van der Waals surface area contributed by atoms with Crippen LogP contribution in [0.25, 0.3) is 0 Å². The van der Waals surface area contributed by atoms with E-state index in [0.29, 0.717) is 12.8 Å². The molecule has 0 aromatic heterocycles. The molecule has 1 aliphatic rings. The minimum absolute atomic E-state index is 0. The second-order valence-electron chi connectivity index (χ2n) is 3.23. The summed E-state index contributed by atoms with van der Waals surface area (Å²) in [6.45, 7) is 0.